The fourth-order valence-corrected chi connectivity index (χ4v) is 2.60. The van der Waals surface area contributed by atoms with Gasteiger partial charge in [0.15, 0.2) is 0 Å². The average molecular weight is 286 g/mol. The highest BCUT2D eigenvalue weighted by Gasteiger charge is 2.43. The summed E-state index contributed by atoms with van der Waals surface area (Å²) in [6.45, 7) is 5.44. The molecule has 0 aromatic heterocycles. The summed E-state index contributed by atoms with van der Waals surface area (Å²) in [7, 11) is 1.55. The number of nitrogens with one attached hydrogen (secondary N) is 1. The van der Waals surface area contributed by atoms with Gasteiger partial charge in [-0.1, -0.05) is 6.92 Å². The third kappa shape index (κ3) is 4.37. The average Bonchev–Trinajstić information content (AvgIpc) is 2.29. The summed E-state index contributed by atoms with van der Waals surface area (Å²) in [5.74, 6) is -0.483. The second-order valence-electron chi connectivity index (χ2n) is 6.67. The topological polar surface area (TPSA) is 89.9 Å². The van der Waals surface area contributed by atoms with Gasteiger partial charge < -0.3 is 20.4 Å². The molecule has 0 aromatic carbocycles. The lowest BCUT2D eigenvalue weighted by molar-refractivity contribution is -0.146. The number of carbonyl (C=O) groups excluding carboxylic acids is 1. The van der Waals surface area contributed by atoms with Crippen LogP contribution in [-0.2, 0) is 4.79 Å². The van der Waals surface area contributed by atoms with E-state index in [0.717, 1.165) is 12.8 Å². The molecule has 6 nitrogen and oxygen atoms in total. The smallest absolute Gasteiger partial charge is 0.329 e. The Morgan fingerprint density at radius 3 is 2.25 bits per heavy atom. The molecule has 6 heteroatoms. The minimum atomic E-state index is -1.17. The number of carboxylic acid groups (broad SMARTS) is 1. The summed E-state index contributed by atoms with van der Waals surface area (Å²) in [4.78, 5) is 25.0. The van der Waals surface area contributed by atoms with Crippen molar-refractivity contribution in [3.05, 3.63) is 0 Å². The standard InChI is InChI=1S/C14H26N2O4/c1-10-5-7-14(8-6-10,11(17)18)15-12(19)16(4)9-13(2,3)20/h10,20H,5-9H2,1-4H3,(H,15,19)(H,17,18). The lowest BCUT2D eigenvalue weighted by Crippen LogP contribution is -2.59. The first kappa shape index (κ1) is 16.8. The van der Waals surface area contributed by atoms with E-state index in [2.05, 4.69) is 12.2 Å². The Kier molecular flexibility index (Phi) is 5.02. The predicted molar refractivity (Wildman–Crippen MR) is 75.5 cm³/mol. The van der Waals surface area contributed by atoms with Crippen LogP contribution in [0.15, 0.2) is 0 Å². The van der Waals surface area contributed by atoms with E-state index in [1.54, 1.807) is 20.9 Å². The molecular formula is C14H26N2O4. The van der Waals surface area contributed by atoms with Gasteiger partial charge in [-0.05, 0) is 45.4 Å². The molecule has 0 aliphatic heterocycles. The van der Waals surface area contributed by atoms with Gasteiger partial charge in [-0.2, -0.15) is 0 Å². The molecule has 0 spiro atoms. The van der Waals surface area contributed by atoms with Gasteiger partial charge in [0.2, 0.25) is 0 Å². The Labute approximate surface area is 120 Å². The van der Waals surface area contributed by atoms with Gasteiger partial charge in [0.05, 0.1) is 12.1 Å². The van der Waals surface area contributed by atoms with E-state index in [0.29, 0.717) is 18.8 Å². The van der Waals surface area contributed by atoms with Gasteiger partial charge >= 0.3 is 12.0 Å². The number of rotatable bonds is 4. The van der Waals surface area contributed by atoms with Gasteiger partial charge in [0.25, 0.3) is 0 Å². The normalized spacial score (nSPS) is 26.9. The number of hydrogen-bond acceptors (Lipinski definition) is 3. The molecule has 20 heavy (non-hydrogen) atoms. The zero-order valence-corrected chi connectivity index (χ0v) is 12.8. The molecule has 0 radical (unpaired) electrons. The van der Waals surface area contributed by atoms with Crippen molar-refractivity contribution in [2.75, 3.05) is 13.6 Å². The van der Waals surface area contributed by atoms with Crippen LogP contribution in [0.3, 0.4) is 0 Å². The van der Waals surface area contributed by atoms with E-state index in [1.807, 2.05) is 0 Å². The largest absolute Gasteiger partial charge is 0.480 e. The molecule has 1 saturated carbocycles. The van der Waals surface area contributed by atoms with E-state index < -0.39 is 23.1 Å². The maximum atomic E-state index is 12.1. The number of hydrogen-bond donors (Lipinski definition) is 3. The van der Waals surface area contributed by atoms with Gasteiger partial charge in [-0.25, -0.2) is 9.59 Å². The van der Waals surface area contributed by atoms with E-state index >= 15 is 0 Å². The Morgan fingerprint density at radius 1 is 1.35 bits per heavy atom. The molecule has 0 bridgehead atoms. The van der Waals surface area contributed by atoms with Crippen LogP contribution in [-0.4, -0.2) is 51.8 Å². The van der Waals surface area contributed by atoms with Crippen molar-refractivity contribution in [3.63, 3.8) is 0 Å². The molecule has 1 aliphatic carbocycles. The van der Waals surface area contributed by atoms with Crippen molar-refractivity contribution in [1.29, 1.82) is 0 Å². The SMILES string of the molecule is CC1CCC(NC(=O)N(C)CC(C)(C)O)(C(=O)O)CC1. The third-order valence-electron chi connectivity index (χ3n) is 3.85. The Morgan fingerprint density at radius 2 is 1.85 bits per heavy atom. The van der Waals surface area contributed by atoms with Crippen LogP contribution in [0.5, 0.6) is 0 Å². The number of carbonyl (C=O) groups is 2. The van der Waals surface area contributed by atoms with Crippen LogP contribution in [0.1, 0.15) is 46.5 Å². The van der Waals surface area contributed by atoms with Crippen LogP contribution in [0.2, 0.25) is 0 Å². The summed E-state index contributed by atoms with van der Waals surface area (Å²) in [5, 5.41) is 21.8. The van der Waals surface area contributed by atoms with Crippen LogP contribution in [0.4, 0.5) is 4.79 Å². The van der Waals surface area contributed by atoms with Crippen LogP contribution >= 0.6 is 0 Å². The lowest BCUT2D eigenvalue weighted by Gasteiger charge is -2.38. The predicted octanol–water partition coefficient (Wildman–Crippen LogP) is 1.43. The van der Waals surface area contributed by atoms with Crippen LogP contribution in [0.25, 0.3) is 0 Å². The third-order valence-corrected chi connectivity index (χ3v) is 3.85. The highest BCUT2D eigenvalue weighted by molar-refractivity contribution is 5.86. The molecule has 3 N–H and O–H groups in total. The Bertz CT molecular complexity index is 368. The molecule has 0 atom stereocenters. The van der Waals surface area contributed by atoms with Gasteiger partial charge in [-0.15, -0.1) is 0 Å². The van der Waals surface area contributed by atoms with Crippen LogP contribution in [0, 0.1) is 5.92 Å². The highest BCUT2D eigenvalue weighted by atomic mass is 16.4. The molecule has 1 fully saturated rings. The summed E-state index contributed by atoms with van der Waals surface area (Å²) in [5.41, 5.74) is -2.18. The van der Waals surface area contributed by atoms with Gasteiger partial charge in [-0.3, -0.25) is 0 Å². The van der Waals surface area contributed by atoms with Crippen LogP contribution < -0.4 is 5.32 Å². The molecule has 0 aromatic rings. The summed E-state index contributed by atoms with van der Waals surface area (Å²) >= 11 is 0. The lowest BCUT2D eigenvalue weighted by atomic mass is 9.77. The molecule has 1 aliphatic rings. The molecule has 0 unspecified atom stereocenters. The maximum absolute atomic E-state index is 12.1. The first-order valence-electron chi connectivity index (χ1n) is 7.05. The summed E-state index contributed by atoms with van der Waals surface area (Å²) in [6, 6.07) is -0.455. The molecular weight excluding hydrogens is 260 g/mol. The minimum Gasteiger partial charge on any atom is -0.480 e. The highest BCUT2D eigenvalue weighted by Crippen LogP contribution is 2.32. The van der Waals surface area contributed by atoms with E-state index in [9.17, 15) is 19.8 Å². The second kappa shape index (κ2) is 5.99. The molecule has 1 rings (SSSR count). The molecule has 116 valence electrons. The number of amides is 2. The van der Waals surface area contributed by atoms with Crippen molar-refractivity contribution in [3.8, 4) is 0 Å². The maximum Gasteiger partial charge on any atom is 0.329 e. The van der Waals surface area contributed by atoms with Gasteiger partial charge in [0, 0.05) is 7.05 Å². The second-order valence-corrected chi connectivity index (χ2v) is 6.67. The zero-order valence-electron chi connectivity index (χ0n) is 12.8. The summed E-state index contributed by atoms with van der Waals surface area (Å²) < 4.78 is 0. The van der Waals surface area contributed by atoms with E-state index in [4.69, 9.17) is 0 Å². The first-order chi connectivity index (χ1) is 9.06. The fourth-order valence-electron chi connectivity index (χ4n) is 2.60. The first-order valence-corrected chi connectivity index (χ1v) is 7.05. The van der Waals surface area contributed by atoms with Crippen molar-refractivity contribution in [2.45, 2.75) is 57.6 Å². The number of aliphatic hydroxyl groups is 1. The van der Waals surface area contributed by atoms with Gasteiger partial charge in [0.1, 0.15) is 5.54 Å². The number of urea groups is 1. The summed E-state index contributed by atoms with van der Waals surface area (Å²) in [6.07, 6.45) is 2.49. The van der Waals surface area contributed by atoms with E-state index in [-0.39, 0.29) is 6.54 Å². The quantitative estimate of drug-likeness (QED) is 0.729. The van der Waals surface area contributed by atoms with Crippen molar-refractivity contribution in [2.24, 2.45) is 5.92 Å². The van der Waals surface area contributed by atoms with Crippen molar-refractivity contribution >= 4 is 12.0 Å². The van der Waals surface area contributed by atoms with Crippen molar-refractivity contribution < 1.29 is 19.8 Å². The monoisotopic (exact) mass is 286 g/mol. The Balaban J connectivity index is 2.72. The minimum absolute atomic E-state index is 0.144. The number of aliphatic carboxylic acids is 1. The fraction of sp³-hybridized carbons (Fsp3) is 0.857. The number of nitrogens with zero attached hydrogens (tertiary/aromatic N) is 1. The molecule has 2 amide bonds. The van der Waals surface area contributed by atoms with E-state index in [1.165, 1.54) is 4.90 Å². The molecule has 0 saturated heterocycles. The number of likely N-dealkylation sites (N-methyl/N-ethyl adjacent to an activating group) is 1. The van der Waals surface area contributed by atoms with Crippen molar-refractivity contribution in [1.82, 2.24) is 10.2 Å². The number of carboxylic acids is 1. The molecule has 0 heterocycles. The zero-order chi connectivity index (χ0) is 15.6. The Hall–Kier alpha value is -1.30.